The lowest BCUT2D eigenvalue weighted by Gasteiger charge is -2.06. The molecule has 142 valence electrons. The van der Waals surface area contributed by atoms with Crippen molar-refractivity contribution in [1.29, 1.82) is 0 Å². The average molecular weight is 392 g/mol. The Balaban J connectivity index is 1.48. The minimum atomic E-state index is -0.185. The van der Waals surface area contributed by atoms with E-state index in [2.05, 4.69) is 21.5 Å². The Morgan fingerprint density at radius 1 is 1.18 bits per heavy atom. The Kier molecular flexibility index (Phi) is 4.83. The molecule has 4 aromatic rings. The molecule has 2 heterocycles. The molecule has 0 saturated heterocycles. The predicted octanol–water partition coefficient (Wildman–Crippen LogP) is 4.42. The summed E-state index contributed by atoms with van der Waals surface area (Å²) in [7, 11) is 1.61. The smallest absolute Gasteiger partial charge is 0.257 e. The minimum absolute atomic E-state index is 0.185. The number of nitrogens with one attached hydrogen (secondary N) is 1. The molecule has 7 heteroatoms. The third-order valence-corrected chi connectivity index (χ3v) is 5.41. The van der Waals surface area contributed by atoms with Gasteiger partial charge in [-0.25, -0.2) is 4.98 Å². The highest BCUT2D eigenvalue weighted by Gasteiger charge is 2.12. The molecule has 2 aromatic carbocycles. The minimum Gasteiger partial charge on any atom is -0.494 e. The zero-order valence-electron chi connectivity index (χ0n) is 15.9. The second-order valence-corrected chi connectivity index (χ2v) is 7.59. The van der Waals surface area contributed by atoms with Crippen molar-refractivity contribution in [1.82, 2.24) is 14.8 Å². The second kappa shape index (κ2) is 7.44. The Hall–Kier alpha value is -3.19. The molecule has 0 bridgehead atoms. The number of hydrogen-bond donors (Lipinski definition) is 1. The highest BCUT2D eigenvalue weighted by molar-refractivity contribution is 7.22. The number of carbonyl (C=O) groups excluding carboxylic acids is 1. The van der Waals surface area contributed by atoms with Crippen LogP contribution in [0.1, 0.15) is 27.3 Å². The van der Waals surface area contributed by atoms with Gasteiger partial charge in [-0.05, 0) is 49.7 Å². The number of aryl methyl sites for hydroxylation is 2. The Morgan fingerprint density at radius 3 is 2.64 bits per heavy atom. The molecule has 0 atom stereocenters. The van der Waals surface area contributed by atoms with Gasteiger partial charge >= 0.3 is 0 Å². The van der Waals surface area contributed by atoms with E-state index in [4.69, 9.17) is 4.74 Å². The first-order valence-electron chi connectivity index (χ1n) is 8.88. The van der Waals surface area contributed by atoms with Crippen LogP contribution in [0.2, 0.25) is 0 Å². The fraction of sp³-hybridized carbons (Fsp3) is 0.190. The number of aromatic nitrogens is 3. The van der Waals surface area contributed by atoms with Crippen LogP contribution < -0.4 is 10.1 Å². The average Bonchev–Trinajstić information content (AvgIpc) is 3.23. The number of methoxy groups -OCH3 is 1. The molecule has 0 aliphatic carbocycles. The molecule has 6 nitrogen and oxygen atoms in total. The number of benzene rings is 2. The molecular formula is C21H20N4O2S. The van der Waals surface area contributed by atoms with Crippen molar-refractivity contribution in [2.24, 2.45) is 0 Å². The van der Waals surface area contributed by atoms with Crippen LogP contribution >= 0.6 is 11.3 Å². The van der Waals surface area contributed by atoms with Crippen LogP contribution in [0.4, 0.5) is 5.13 Å². The van der Waals surface area contributed by atoms with E-state index in [1.807, 2.05) is 61.0 Å². The molecule has 0 unspecified atom stereocenters. The van der Waals surface area contributed by atoms with Gasteiger partial charge in [-0.2, -0.15) is 5.10 Å². The number of anilines is 1. The molecule has 0 radical (unpaired) electrons. The van der Waals surface area contributed by atoms with Crippen LogP contribution in [-0.2, 0) is 6.54 Å². The maximum atomic E-state index is 12.6. The molecule has 4 rings (SSSR count). The van der Waals surface area contributed by atoms with E-state index in [0.29, 0.717) is 23.0 Å². The number of rotatable bonds is 5. The van der Waals surface area contributed by atoms with Crippen molar-refractivity contribution in [3.8, 4) is 5.75 Å². The highest BCUT2D eigenvalue weighted by Crippen LogP contribution is 2.32. The Bertz CT molecular complexity index is 1150. The first kappa shape index (κ1) is 18.2. The van der Waals surface area contributed by atoms with E-state index in [1.54, 1.807) is 7.11 Å². The van der Waals surface area contributed by atoms with Crippen molar-refractivity contribution in [2.45, 2.75) is 20.4 Å². The first-order chi connectivity index (χ1) is 13.5. The lowest BCUT2D eigenvalue weighted by atomic mass is 10.1. The van der Waals surface area contributed by atoms with Crippen molar-refractivity contribution in [3.05, 3.63) is 71.0 Å². The van der Waals surface area contributed by atoms with Crippen LogP contribution in [0.25, 0.3) is 10.2 Å². The van der Waals surface area contributed by atoms with E-state index < -0.39 is 0 Å². The van der Waals surface area contributed by atoms with Crippen LogP contribution in [0.3, 0.4) is 0 Å². The summed E-state index contributed by atoms with van der Waals surface area (Å²) in [6.45, 7) is 4.70. The topological polar surface area (TPSA) is 69.0 Å². The van der Waals surface area contributed by atoms with Gasteiger partial charge in [-0.3, -0.25) is 14.8 Å². The first-order valence-corrected chi connectivity index (χ1v) is 9.70. The number of para-hydroxylation sites is 1. The van der Waals surface area contributed by atoms with Gasteiger partial charge in [-0.15, -0.1) is 0 Å². The van der Waals surface area contributed by atoms with E-state index in [9.17, 15) is 4.79 Å². The fourth-order valence-electron chi connectivity index (χ4n) is 3.08. The van der Waals surface area contributed by atoms with Gasteiger partial charge in [0, 0.05) is 11.3 Å². The van der Waals surface area contributed by atoms with Gasteiger partial charge in [0.2, 0.25) is 0 Å². The molecule has 1 amide bonds. The zero-order chi connectivity index (χ0) is 19.7. The lowest BCUT2D eigenvalue weighted by Crippen LogP contribution is -2.12. The maximum absolute atomic E-state index is 12.6. The summed E-state index contributed by atoms with van der Waals surface area (Å²) in [5.74, 6) is 0.512. The molecule has 0 fully saturated rings. The van der Waals surface area contributed by atoms with Crippen molar-refractivity contribution < 1.29 is 9.53 Å². The molecule has 28 heavy (non-hydrogen) atoms. The monoisotopic (exact) mass is 392 g/mol. The molecule has 2 aromatic heterocycles. The predicted molar refractivity (Wildman–Crippen MR) is 111 cm³/mol. The quantitative estimate of drug-likeness (QED) is 0.546. The van der Waals surface area contributed by atoms with E-state index in [1.165, 1.54) is 11.3 Å². The van der Waals surface area contributed by atoms with Gasteiger partial charge < -0.3 is 4.74 Å². The largest absolute Gasteiger partial charge is 0.494 e. The molecule has 0 aliphatic rings. The van der Waals surface area contributed by atoms with E-state index in [-0.39, 0.29) is 5.91 Å². The summed E-state index contributed by atoms with van der Waals surface area (Å²) in [4.78, 5) is 17.1. The second-order valence-electron chi connectivity index (χ2n) is 6.56. The van der Waals surface area contributed by atoms with Crippen molar-refractivity contribution in [2.75, 3.05) is 12.4 Å². The third kappa shape index (κ3) is 3.61. The normalized spacial score (nSPS) is 11.0. The van der Waals surface area contributed by atoms with Crippen LogP contribution in [-0.4, -0.2) is 27.8 Å². The zero-order valence-corrected chi connectivity index (χ0v) is 16.7. The van der Waals surface area contributed by atoms with Crippen LogP contribution in [0, 0.1) is 13.8 Å². The summed E-state index contributed by atoms with van der Waals surface area (Å²) in [6, 6.07) is 15.3. The number of ether oxygens (including phenoxy) is 1. The highest BCUT2D eigenvalue weighted by atomic mass is 32.1. The summed E-state index contributed by atoms with van der Waals surface area (Å²) in [5, 5.41) is 7.90. The maximum Gasteiger partial charge on any atom is 0.257 e. The summed E-state index contributed by atoms with van der Waals surface area (Å²) < 4.78 is 8.25. The number of hydrogen-bond acceptors (Lipinski definition) is 5. The SMILES string of the molecule is COc1cccc2sc(NC(=O)c3ccc(Cn4nc(C)cc4C)cc3)nc12. The summed E-state index contributed by atoms with van der Waals surface area (Å²) in [5.41, 5.74) is 4.55. The fourth-order valence-corrected chi connectivity index (χ4v) is 3.96. The third-order valence-electron chi connectivity index (χ3n) is 4.47. The molecule has 0 saturated carbocycles. The van der Waals surface area contributed by atoms with Gasteiger partial charge in [0.15, 0.2) is 5.13 Å². The number of thiazole rings is 1. The summed E-state index contributed by atoms with van der Waals surface area (Å²) >= 11 is 1.42. The summed E-state index contributed by atoms with van der Waals surface area (Å²) in [6.07, 6.45) is 0. The van der Waals surface area contributed by atoms with Gasteiger partial charge in [0.05, 0.1) is 24.0 Å². The number of amides is 1. The van der Waals surface area contributed by atoms with Gasteiger partial charge in [0.1, 0.15) is 11.3 Å². The van der Waals surface area contributed by atoms with Crippen LogP contribution in [0.15, 0.2) is 48.5 Å². The molecule has 1 N–H and O–H groups in total. The standard InChI is InChI=1S/C21H20N4O2S/c1-13-11-14(2)25(24-13)12-15-7-9-16(10-8-15)20(26)23-21-22-19-17(27-3)5-4-6-18(19)28-21/h4-11H,12H2,1-3H3,(H,22,23,26). The number of nitrogens with zero attached hydrogens (tertiary/aromatic N) is 3. The van der Waals surface area contributed by atoms with Crippen molar-refractivity contribution in [3.63, 3.8) is 0 Å². The van der Waals surface area contributed by atoms with Crippen molar-refractivity contribution >= 4 is 32.6 Å². The van der Waals surface area contributed by atoms with Gasteiger partial charge in [0.25, 0.3) is 5.91 Å². The van der Waals surface area contributed by atoms with E-state index >= 15 is 0 Å². The molecular weight excluding hydrogens is 372 g/mol. The number of fused-ring (bicyclic) bond motifs is 1. The van der Waals surface area contributed by atoms with Gasteiger partial charge in [-0.1, -0.05) is 29.5 Å². The Labute approximate surface area is 166 Å². The van der Waals surface area contributed by atoms with Crippen LogP contribution in [0.5, 0.6) is 5.75 Å². The molecule has 0 aliphatic heterocycles. The molecule has 0 spiro atoms. The Morgan fingerprint density at radius 2 is 1.96 bits per heavy atom. The lowest BCUT2D eigenvalue weighted by molar-refractivity contribution is 0.102. The number of carbonyl (C=O) groups is 1. The van der Waals surface area contributed by atoms with E-state index in [0.717, 1.165) is 27.2 Å².